The van der Waals surface area contributed by atoms with E-state index in [-0.39, 0.29) is 5.78 Å². The minimum Gasteiger partial charge on any atom is -0.302 e. The van der Waals surface area contributed by atoms with Crippen LogP contribution in [0.1, 0.15) is 40.4 Å². The molecule has 0 spiro atoms. The molecular weight excluding hydrogens is 433 g/mol. The van der Waals surface area contributed by atoms with E-state index in [4.69, 9.17) is 23.2 Å². The Hall–Kier alpha value is -2.25. The summed E-state index contributed by atoms with van der Waals surface area (Å²) in [4.78, 5) is 17.9. The van der Waals surface area contributed by atoms with Crippen LogP contribution in [0.25, 0.3) is 5.69 Å². The zero-order valence-electron chi connectivity index (χ0n) is 17.7. The van der Waals surface area contributed by atoms with Crippen molar-refractivity contribution in [1.29, 1.82) is 0 Å². The van der Waals surface area contributed by atoms with Gasteiger partial charge in [0.1, 0.15) is 0 Å². The van der Waals surface area contributed by atoms with Gasteiger partial charge in [-0.15, -0.1) is 10.2 Å². The van der Waals surface area contributed by atoms with Crippen LogP contribution in [0.3, 0.4) is 0 Å². The molecule has 0 radical (unpaired) electrons. The van der Waals surface area contributed by atoms with E-state index in [1.54, 1.807) is 18.2 Å². The van der Waals surface area contributed by atoms with Crippen LogP contribution >= 0.6 is 23.2 Å². The maximum Gasteiger partial charge on any atom is 0.196 e. The SMILES string of the molecule is CN(C)Cc1nnc(CN2CCCC2)n1-c1ccccc1C(=O)c1cc(Cl)ccc1Cl. The molecule has 0 unspecified atom stereocenters. The van der Waals surface area contributed by atoms with E-state index >= 15 is 0 Å². The van der Waals surface area contributed by atoms with Gasteiger partial charge in [-0.25, -0.2) is 0 Å². The van der Waals surface area contributed by atoms with Gasteiger partial charge in [-0.3, -0.25) is 14.3 Å². The van der Waals surface area contributed by atoms with Crippen molar-refractivity contribution in [2.24, 2.45) is 0 Å². The Labute approximate surface area is 192 Å². The molecule has 0 aliphatic carbocycles. The molecule has 0 N–H and O–H groups in total. The fourth-order valence-corrected chi connectivity index (χ4v) is 4.31. The Morgan fingerprint density at radius 3 is 2.45 bits per heavy atom. The highest BCUT2D eigenvalue weighted by molar-refractivity contribution is 6.37. The number of ketones is 1. The van der Waals surface area contributed by atoms with Gasteiger partial charge in [0, 0.05) is 16.1 Å². The highest BCUT2D eigenvalue weighted by Gasteiger charge is 2.24. The molecule has 1 aliphatic rings. The third-order valence-corrected chi connectivity index (χ3v) is 5.95. The molecule has 6 nitrogen and oxygen atoms in total. The Morgan fingerprint density at radius 2 is 1.71 bits per heavy atom. The molecule has 0 atom stereocenters. The Bertz CT molecular complexity index is 1090. The number of para-hydroxylation sites is 1. The number of rotatable bonds is 7. The first-order chi connectivity index (χ1) is 14.9. The summed E-state index contributed by atoms with van der Waals surface area (Å²) in [6, 6.07) is 12.5. The van der Waals surface area contributed by atoms with Gasteiger partial charge < -0.3 is 4.90 Å². The second kappa shape index (κ2) is 9.49. The molecule has 2 heterocycles. The fraction of sp³-hybridized carbons (Fsp3) is 0.348. The number of hydrogen-bond donors (Lipinski definition) is 0. The van der Waals surface area contributed by atoms with Crippen LogP contribution < -0.4 is 0 Å². The summed E-state index contributed by atoms with van der Waals surface area (Å²) >= 11 is 12.5. The van der Waals surface area contributed by atoms with E-state index in [2.05, 4.69) is 15.1 Å². The van der Waals surface area contributed by atoms with E-state index in [0.29, 0.717) is 34.3 Å². The topological polar surface area (TPSA) is 54.3 Å². The van der Waals surface area contributed by atoms with Crippen molar-refractivity contribution in [2.45, 2.75) is 25.9 Å². The summed E-state index contributed by atoms with van der Waals surface area (Å²) in [6.07, 6.45) is 2.39. The van der Waals surface area contributed by atoms with Gasteiger partial charge in [-0.05, 0) is 70.4 Å². The minimum absolute atomic E-state index is 0.181. The normalized spacial score (nSPS) is 14.5. The summed E-state index contributed by atoms with van der Waals surface area (Å²) < 4.78 is 2.02. The summed E-state index contributed by atoms with van der Waals surface area (Å²) in [5.74, 6) is 1.44. The van der Waals surface area contributed by atoms with Crippen LogP contribution in [0.4, 0.5) is 0 Å². The van der Waals surface area contributed by atoms with Crippen molar-refractivity contribution >= 4 is 29.0 Å². The molecule has 1 aliphatic heterocycles. The lowest BCUT2D eigenvalue weighted by Gasteiger charge is -2.19. The van der Waals surface area contributed by atoms with Crippen LogP contribution in [0.5, 0.6) is 0 Å². The second-order valence-corrected chi connectivity index (χ2v) is 8.90. The Morgan fingerprint density at radius 1 is 1.00 bits per heavy atom. The van der Waals surface area contributed by atoms with Gasteiger partial charge in [0.25, 0.3) is 0 Å². The molecule has 0 amide bonds. The van der Waals surface area contributed by atoms with Crippen LogP contribution in [-0.4, -0.2) is 57.5 Å². The van der Waals surface area contributed by atoms with Gasteiger partial charge in [0.15, 0.2) is 17.4 Å². The lowest BCUT2D eigenvalue weighted by molar-refractivity contribution is 0.103. The Kier molecular flexibility index (Phi) is 6.72. The average Bonchev–Trinajstić information content (AvgIpc) is 3.39. The van der Waals surface area contributed by atoms with Gasteiger partial charge in [-0.1, -0.05) is 35.3 Å². The monoisotopic (exact) mass is 457 g/mol. The average molecular weight is 458 g/mol. The van der Waals surface area contributed by atoms with Crippen LogP contribution in [0, 0.1) is 0 Å². The molecule has 8 heteroatoms. The minimum atomic E-state index is -0.181. The first kappa shape index (κ1) is 22.0. The van der Waals surface area contributed by atoms with E-state index in [0.717, 1.165) is 30.4 Å². The highest BCUT2D eigenvalue weighted by atomic mass is 35.5. The quantitative estimate of drug-likeness (QED) is 0.490. The van der Waals surface area contributed by atoms with Gasteiger partial charge >= 0.3 is 0 Å². The van der Waals surface area contributed by atoms with Crippen molar-refractivity contribution < 1.29 is 4.79 Å². The second-order valence-electron chi connectivity index (χ2n) is 8.06. The maximum absolute atomic E-state index is 13.5. The van der Waals surface area contributed by atoms with Crippen molar-refractivity contribution in [3.05, 3.63) is 75.3 Å². The molecule has 31 heavy (non-hydrogen) atoms. The largest absolute Gasteiger partial charge is 0.302 e. The number of carbonyl (C=O) groups is 1. The van der Waals surface area contributed by atoms with Crippen molar-refractivity contribution in [3.8, 4) is 5.69 Å². The number of hydrogen-bond acceptors (Lipinski definition) is 5. The molecule has 3 aromatic rings. The first-order valence-corrected chi connectivity index (χ1v) is 11.1. The molecule has 0 saturated carbocycles. The van der Waals surface area contributed by atoms with E-state index < -0.39 is 0 Å². The van der Waals surface area contributed by atoms with Gasteiger partial charge in [0.05, 0.1) is 23.8 Å². The number of halogens is 2. The number of benzene rings is 2. The molecule has 1 saturated heterocycles. The molecule has 1 aromatic heterocycles. The lowest BCUT2D eigenvalue weighted by Crippen LogP contribution is -2.23. The maximum atomic E-state index is 13.5. The number of nitrogens with zero attached hydrogens (tertiary/aromatic N) is 5. The Balaban J connectivity index is 1.81. The summed E-state index contributed by atoms with van der Waals surface area (Å²) in [6.45, 7) is 3.40. The van der Waals surface area contributed by atoms with Crippen molar-refractivity contribution in [3.63, 3.8) is 0 Å². The lowest BCUT2D eigenvalue weighted by atomic mass is 10.0. The number of carbonyl (C=O) groups excluding carboxylic acids is 1. The predicted octanol–water partition coefficient (Wildman–Crippen LogP) is 4.46. The zero-order chi connectivity index (χ0) is 22.0. The van der Waals surface area contributed by atoms with Crippen molar-refractivity contribution in [2.75, 3.05) is 27.2 Å². The van der Waals surface area contributed by atoms with Gasteiger partial charge in [-0.2, -0.15) is 0 Å². The summed E-state index contributed by atoms with van der Waals surface area (Å²) in [7, 11) is 3.98. The van der Waals surface area contributed by atoms with E-state index in [9.17, 15) is 4.79 Å². The molecule has 162 valence electrons. The van der Waals surface area contributed by atoms with Crippen LogP contribution in [-0.2, 0) is 13.1 Å². The predicted molar refractivity (Wildman–Crippen MR) is 123 cm³/mol. The first-order valence-electron chi connectivity index (χ1n) is 10.3. The summed E-state index contributed by atoms with van der Waals surface area (Å²) in [5, 5.41) is 9.81. The molecule has 4 rings (SSSR count). The molecule has 2 aromatic carbocycles. The number of likely N-dealkylation sites (tertiary alicyclic amines) is 1. The van der Waals surface area contributed by atoms with Crippen LogP contribution in [0.15, 0.2) is 42.5 Å². The van der Waals surface area contributed by atoms with Crippen LogP contribution in [0.2, 0.25) is 10.0 Å². The highest BCUT2D eigenvalue weighted by Crippen LogP contribution is 2.27. The third kappa shape index (κ3) is 4.83. The molecular formula is C23H25Cl2N5O. The zero-order valence-corrected chi connectivity index (χ0v) is 19.2. The fourth-order valence-electron chi connectivity index (χ4n) is 3.94. The summed E-state index contributed by atoms with van der Waals surface area (Å²) in [5.41, 5.74) is 1.67. The third-order valence-electron chi connectivity index (χ3n) is 5.38. The number of aromatic nitrogens is 3. The van der Waals surface area contributed by atoms with Crippen molar-refractivity contribution in [1.82, 2.24) is 24.6 Å². The standard InChI is InChI=1S/C23H25Cl2N5O/c1-28(2)14-21-26-27-22(15-29-11-5-6-12-29)30(21)20-8-4-3-7-17(20)23(31)18-13-16(24)9-10-19(18)25/h3-4,7-10,13H,5-6,11-12,14-15H2,1-2H3. The smallest absolute Gasteiger partial charge is 0.196 e. The molecule has 0 bridgehead atoms. The van der Waals surface area contributed by atoms with E-state index in [1.165, 1.54) is 12.8 Å². The molecule has 1 fully saturated rings. The van der Waals surface area contributed by atoms with E-state index in [1.807, 2.05) is 47.8 Å². The van der Waals surface area contributed by atoms with Gasteiger partial charge in [0.2, 0.25) is 0 Å².